The van der Waals surface area contributed by atoms with Crippen LogP contribution in [0.3, 0.4) is 0 Å². The predicted octanol–water partition coefficient (Wildman–Crippen LogP) is 3.33. The van der Waals surface area contributed by atoms with Crippen molar-refractivity contribution in [3.63, 3.8) is 0 Å². The van der Waals surface area contributed by atoms with Gasteiger partial charge in [-0.2, -0.15) is 5.10 Å². The maximum atomic E-state index is 12.6. The highest BCUT2D eigenvalue weighted by Crippen LogP contribution is 2.39. The number of benzene rings is 1. The molecule has 1 aromatic heterocycles. The average molecular weight is 324 g/mol. The zero-order valence-corrected chi connectivity index (χ0v) is 13.7. The fraction of sp³-hybridized carbons (Fsp3) is 0.176. The number of amidine groups is 1. The van der Waals surface area contributed by atoms with Gasteiger partial charge in [0, 0.05) is 6.20 Å². The zero-order valence-electron chi connectivity index (χ0n) is 12.9. The highest BCUT2D eigenvalue weighted by atomic mass is 32.2. The van der Waals surface area contributed by atoms with E-state index in [2.05, 4.69) is 15.2 Å². The van der Waals surface area contributed by atoms with E-state index in [0.29, 0.717) is 5.17 Å². The Kier molecular flexibility index (Phi) is 4.25. The van der Waals surface area contributed by atoms with Gasteiger partial charge in [-0.1, -0.05) is 36.0 Å². The SMILES string of the molecule is CC1(C)S/C(=N/N=C/c2ccccn2)N(c2ccccc2)C1=O. The number of nitrogens with zero attached hydrogens (tertiary/aromatic N) is 4. The molecule has 0 aliphatic carbocycles. The molecule has 1 fully saturated rings. The fourth-order valence-electron chi connectivity index (χ4n) is 2.13. The lowest BCUT2D eigenvalue weighted by atomic mass is 10.1. The van der Waals surface area contributed by atoms with Gasteiger partial charge in [0.1, 0.15) is 0 Å². The minimum atomic E-state index is -0.560. The third-order valence-corrected chi connectivity index (χ3v) is 4.42. The Balaban J connectivity index is 1.91. The van der Waals surface area contributed by atoms with Crippen LogP contribution in [0.15, 0.2) is 64.9 Å². The van der Waals surface area contributed by atoms with Crippen LogP contribution >= 0.6 is 11.8 Å². The third kappa shape index (κ3) is 3.32. The van der Waals surface area contributed by atoms with E-state index >= 15 is 0 Å². The molecule has 0 radical (unpaired) electrons. The Bertz CT molecular complexity index is 757. The van der Waals surface area contributed by atoms with Crippen LogP contribution in [0.1, 0.15) is 19.5 Å². The van der Waals surface area contributed by atoms with Crippen molar-refractivity contribution in [1.29, 1.82) is 0 Å². The molecule has 2 aromatic rings. The molecule has 6 heteroatoms. The lowest BCUT2D eigenvalue weighted by Gasteiger charge is -2.17. The van der Waals surface area contributed by atoms with Crippen molar-refractivity contribution >= 4 is 34.7 Å². The van der Waals surface area contributed by atoms with Crippen LogP contribution in [0.25, 0.3) is 0 Å². The van der Waals surface area contributed by atoms with Gasteiger partial charge >= 0.3 is 0 Å². The number of para-hydroxylation sites is 1. The Morgan fingerprint density at radius 3 is 2.57 bits per heavy atom. The van der Waals surface area contributed by atoms with Gasteiger partial charge in [-0.05, 0) is 38.1 Å². The normalized spacial score (nSPS) is 19.0. The molecule has 1 aromatic carbocycles. The second-order valence-electron chi connectivity index (χ2n) is 5.47. The number of rotatable bonds is 3. The number of anilines is 1. The summed E-state index contributed by atoms with van der Waals surface area (Å²) in [5, 5.41) is 8.89. The first-order chi connectivity index (χ1) is 11.1. The molecule has 0 saturated carbocycles. The van der Waals surface area contributed by atoms with Gasteiger partial charge in [-0.15, -0.1) is 5.10 Å². The van der Waals surface area contributed by atoms with Crippen molar-refractivity contribution in [2.45, 2.75) is 18.6 Å². The van der Waals surface area contributed by atoms with Gasteiger partial charge in [0.25, 0.3) is 0 Å². The van der Waals surface area contributed by atoms with Gasteiger partial charge in [0.2, 0.25) is 5.91 Å². The number of aromatic nitrogens is 1. The number of hydrogen-bond acceptors (Lipinski definition) is 5. The molecule has 0 N–H and O–H groups in total. The number of carbonyl (C=O) groups is 1. The number of hydrogen-bond donors (Lipinski definition) is 0. The maximum Gasteiger partial charge on any atom is 0.249 e. The average Bonchev–Trinajstić information content (AvgIpc) is 2.79. The molecule has 0 spiro atoms. The van der Waals surface area contributed by atoms with E-state index in [1.165, 1.54) is 11.8 Å². The van der Waals surface area contributed by atoms with Gasteiger partial charge in [-0.3, -0.25) is 14.7 Å². The number of thioether (sulfide) groups is 1. The Morgan fingerprint density at radius 1 is 1.13 bits per heavy atom. The van der Waals surface area contributed by atoms with E-state index in [1.807, 2.05) is 62.4 Å². The summed E-state index contributed by atoms with van der Waals surface area (Å²) in [6.45, 7) is 3.78. The van der Waals surface area contributed by atoms with Gasteiger partial charge in [0.05, 0.1) is 22.3 Å². The van der Waals surface area contributed by atoms with Crippen molar-refractivity contribution in [3.05, 3.63) is 60.4 Å². The molecule has 0 atom stereocenters. The van der Waals surface area contributed by atoms with E-state index in [1.54, 1.807) is 17.3 Å². The molecule has 5 nitrogen and oxygen atoms in total. The summed E-state index contributed by atoms with van der Waals surface area (Å²) in [7, 11) is 0. The highest BCUT2D eigenvalue weighted by molar-refractivity contribution is 8.16. The Hall–Kier alpha value is -2.47. The van der Waals surface area contributed by atoms with Crippen LogP contribution in [0.4, 0.5) is 5.69 Å². The molecule has 1 aliphatic heterocycles. The molecule has 3 rings (SSSR count). The minimum absolute atomic E-state index is 0.000450. The number of pyridine rings is 1. The van der Waals surface area contributed by atoms with Crippen molar-refractivity contribution < 1.29 is 4.79 Å². The van der Waals surface area contributed by atoms with Crippen LogP contribution in [0.2, 0.25) is 0 Å². The largest absolute Gasteiger partial charge is 0.272 e. The van der Waals surface area contributed by atoms with E-state index in [9.17, 15) is 4.79 Å². The summed E-state index contributed by atoms with van der Waals surface area (Å²) in [4.78, 5) is 18.4. The summed E-state index contributed by atoms with van der Waals surface area (Å²) < 4.78 is -0.560. The topological polar surface area (TPSA) is 57.9 Å². The lowest BCUT2D eigenvalue weighted by molar-refractivity contribution is -0.118. The van der Waals surface area contributed by atoms with E-state index in [4.69, 9.17) is 0 Å². The summed E-state index contributed by atoms with van der Waals surface area (Å²) in [5.41, 5.74) is 1.51. The van der Waals surface area contributed by atoms with Crippen molar-refractivity contribution in [2.75, 3.05) is 4.90 Å². The molecule has 1 amide bonds. The van der Waals surface area contributed by atoms with Crippen LogP contribution in [-0.4, -0.2) is 27.0 Å². The fourth-order valence-corrected chi connectivity index (χ4v) is 3.14. The maximum absolute atomic E-state index is 12.6. The Labute approximate surface area is 139 Å². The van der Waals surface area contributed by atoms with E-state index in [-0.39, 0.29) is 5.91 Å². The van der Waals surface area contributed by atoms with E-state index in [0.717, 1.165) is 11.4 Å². The quantitative estimate of drug-likeness (QED) is 0.643. The standard InChI is InChI=1S/C17H16N4OS/c1-17(2)15(22)21(14-9-4-3-5-10-14)16(23-17)20-19-12-13-8-6-7-11-18-13/h3-12H,1-2H3/b19-12+,20-16+. The highest BCUT2D eigenvalue weighted by Gasteiger charge is 2.45. The lowest BCUT2D eigenvalue weighted by Crippen LogP contribution is -2.35. The molecule has 0 bridgehead atoms. The number of amides is 1. The summed E-state index contributed by atoms with van der Waals surface area (Å²) in [5.74, 6) is 0.000450. The summed E-state index contributed by atoms with van der Waals surface area (Å²) >= 11 is 1.41. The van der Waals surface area contributed by atoms with Crippen LogP contribution in [0, 0.1) is 0 Å². The van der Waals surface area contributed by atoms with E-state index < -0.39 is 4.75 Å². The summed E-state index contributed by atoms with van der Waals surface area (Å²) in [6.07, 6.45) is 3.27. The zero-order chi connectivity index (χ0) is 16.3. The minimum Gasteiger partial charge on any atom is -0.272 e. The molecule has 1 saturated heterocycles. The molecule has 116 valence electrons. The summed E-state index contributed by atoms with van der Waals surface area (Å²) in [6, 6.07) is 15.0. The van der Waals surface area contributed by atoms with Crippen molar-refractivity contribution in [3.8, 4) is 0 Å². The smallest absolute Gasteiger partial charge is 0.249 e. The first-order valence-corrected chi connectivity index (χ1v) is 8.00. The van der Waals surface area contributed by atoms with Crippen LogP contribution in [0.5, 0.6) is 0 Å². The second-order valence-corrected chi connectivity index (χ2v) is 7.06. The first kappa shape index (κ1) is 15.4. The molecule has 1 aliphatic rings. The first-order valence-electron chi connectivity index (χ1n) is 7.18. The molecule has 0 unspecified atom stereocenters. The molecular formula is C17H16N4OS. The number of carbonyl (C=O) groups excluding carboxylic acids is 1. The predicted molar refractivity (Wildman–Crippen MR) is 94.9 cm³/mol. The van der Waals surface area contributed by atoms with Gasteiger partial charge in [0.15, 0.2) is 5.17 Å². The second kappa shape index (κ2) is 6.34. The third-order valence-electron chi connectivity index (χ3n) is 3.29. The van der Waals surface area contributed by atoms with Crippen LogP contribution < -0.4 is 4.90 Å². The van der Waals surface area contributed by atoms with Gasteiger partial charge < -0.3 is 0 Å². The van der Waals surface area contributed by atoms with Crippen molar-refractivity contribution in [2.24, 2.45) is 10.2 Å². The monoisotopic (exact) mass is 324 g/mol. The van der Waals surface area contributed by atoms with Crippen LogP contribution in [-0.2, 0) is 4.79 Å². The molecular weight excluding hydrogens is 308 g/mol. The van der Waals surface area contributed by atoms with Gasteiger partial charge in [-0.25, -0.2) is 0 Å². The Morgan fingerprint density at radius 2 is 1.87 bits per heavy atom. The molecule has 2 heterocycles. The molecule has 23 heavy (non-hydrogen) atoms. The van der Waals surface area contributed by atoms with Crippen molar-refractivity contribution in [1.82, 2.24) is 4.98 Å².